The molecule has 2 fully saturated rings. The average molecular weight is 533 g/mol. The number of hydrogen-bond acceptors (Lipinski definition) is 8. The fraction of sp³-hybridized carbons (Fsp3) is 0.519. The molecule has 4 rings (SSSR count). The van der Waals surface area contributed by atoms with Crippen molar-refractivity contribution < 1.29 is 34.8 Å². The Morgan fingerprint density at radius 2 is 1.95 bits per heavy atom. The van der Waals surface area contributed by atoms with E-state index in [1.807, 2.05) is 0 Å². The molecule has 3 aliphatic rings. The van der Waals surface area contributed by atoms with Crippen LogP contribution in [-0.4, -0.2) is 74.6 Å². The Labute approximate surface area is 220 Å². The number of nitrogens with zero attached hydrogens (tertiary/aromatic N) is 1. The first-order chi connectivity index (χ1) is 17.4. The second kappa shape index (κ2) is 9.87. The van der Waals surface area contributed by atoms with E-state index >= 15 is 0 Å². The average Bonchev–Trinajstić information content (AvgIpc) is 2.81. The van der Waals surface area contributed by atoms with Crippen LogP contribution >= 0.6 is 11.6 Å². The zero-order valence-electron chi connectivity index (χ0n) is 21.1. The Kier molecular flexibility index (Phi) is 7.29. The number of allylic oxidation sites excluding steroid dienone is 1. The number of rotatable bonds is 6. The highest BCUT2D eigenvalue weighted by molar-refractivity contribution is 6.31. The van der Waals surface area contributed by atoms with Gasteiger partial charge in [0, 0.05) is 22.6 Å². The van der Waals surface area contributed by atoms with Gasteiger partial charge in [-0.1, -0.05) is 31.0 Å². The third-order valence-electron chi connectivity index (χ3n) is 8.09. The number of aliphatic hydroxyl groups excluding tert-OH is 2. The zero-order valence-corrected chi connectivity index (χ0v) is 21.8. The number of benzene rings is 1. The lowest BCUT2D eigenvalue weighted by Gasteiger charge is -2.53. The third-order valence-corrected chi connectivity index (χ3v) is 8.39. The molecule has 0 bridgehead atoms. The molecule has 0 saturated heterocycles. The highest BCUT2D eigenvalue weighted by atomic mass is 35.5. The standard InChI is InChI=1S/C27H33ClN2O7/c1-4-5-6-14(28)9-12-7-8-17(31)19-15(12)10-13-11-16-21(30(2)3)23(33)20(26(29)36)25(35)27(16,37)24(34)18(13)22(19)32/h7-9,13,16,20-21,23,31-33,37H,4-6,10-11H2,1-3H3,(H2,29,36)/b14-9-/t13-,16-,20?,21-,23?,27-/m0/s1. The molecule has 1 aromatic carbocycles. The Balaban J connectivity index is 1.88. The number of unbranched alkanes of at least 4 members (excludes halogenated alkanes) is 1. The van der Waals surface area contributed by atoms with Gasteiger partial charge in [0.15, 0.2) is 11.4 Å². The van der Waals surface area contributed by atoms with Gasteiger partial charge in [0.05, 0.1) is 11.7 Å². The van der Waals surface area contributed by atoms with Gasteiger partial charge in [-0.25, -0.2) is 0 Å². The fourth-order valence-electron chi connectivity index (χ4n) is 6.35. The molecule has 1 aromatic rings. The molecule has 37 heavy (non-hydrogen) atoms. The molecule has 9 nitrogen and oxygen atoms in total. The number of aromatic hydroxyl groups is 1. The molecule has 6 atom stereocenters. The normalized spacial score (nSPS) is 31.8. The number of Topliss-reactive ketones (excluding diaryl/α,β-unsaturated/α-hetero) is 2. The smallest absolute Gasteiger partial charge is 0.230 e. The van der Waals surface area contributed by atoms with E-state index in [0.717, 1.165) is 12.8 Å². The van der Waals surface area contributed by atoms with E-state index in [1.165, 1.54) is 6.07 Å². The van der Waals surface area contributed by atoms with Crippen LogP contribution in [0.3, 0.4) is 0 Å². The molecular weight excluding hydrogens is 500 g/mol. The highest BCUT2D eigenvalue weighted by Crippen LogP contribution is 2.52. The number of carbonyl (C=O) groups excluding carboxylic acids is 3. The maximum Gasteiger partial charge on any atom is 0.230 e. The summed E-state index contributed by atoms with van der Waals surface area (Å²) in [5, 5.41) is 45.1. The van der Waals surface area contributed by atoms with Crippen LogP contribution in [-0.2, 0) is 20.8 Å². The van der Waals surface area contributed by atoms with Crippen molar-refractivity contribution in [3.63, 3.8) is 0 Å². The summed E-state index contributed by atoms with van der Waals surface area (Å²) in [6, 6.07) is 2.15. The highest BCUT2D eigenvalue weighted by Gasteiger charge is 2.67. The van der Waals surface area contributed by atoms with Crippen LogP contribution in [0.5, 0.6) is 5.75 Å². The number of amides is 1. The van der Waals surface area contributed by atoms with E-state index in [4.69, 9.17) is 17.3 Å². The molecule has 2 saturated carbocycles. The zero-order chi connectivity index (χ0) is 27.4. The number of likely N-dealkylation sites (N-methyl/N-ethyl adjacent to an activating group) is 1. The monoisotopic (exact) mass is 532 g/mol. The lowest BCUT2D eigenvalue weighted by molar-refractivity contribution is -0.184. The molecule has 6 N–H and O–H groups in total. The van der Waals surface area contributed by atoms with Crippen molar-refractivity contribution in [3.05, 3.63) is 39.4 Å². The number of fused-ring (bicyclic) bond motifs is 3. The van der Waals surface area contributed by atoms with Gasteiger partial charge >= 0.3 is 0 Å². The van der Waals surface area contributed by atoms with E-state index in [9.17, 15) is 34.8 Å². The molecule has 200 valence electrons. The van der Waals surface area contributed by atoms with Crippen molar-refractivity contribution in [2.24, 2.45) is 23.5 Å². The van der Waals surface area contributed by atoms with Crippen LogP contribution in [0.4, 0.5) is 0 Å². The minimum atomic E-state index is -2.66. The molecule has 0 aromatic heterocycles. The Morgan fingerprint density at radius 3 is 2.54 bits per heavy atom. The number of hydrogen-bond donors (Lipinski definition) is 5. The van der Waals surface area contributed by atoms with Crippen LogP contribution in [0.1, 0.15) is 49.3 Å². The SMILES string of the molecule is CCCC/C(Cl)=C/c1ccc(O)c2c1C[C@H]1C[C@H]3[C@H](N(C)C)C(O)C(C(N)=O)C(=O)[C@@]3(O)C(=O)C1=C2O. The molecule has 0 heterocycles. The summed E-state index contributed by atoms with van der Waals surface area (Å²) in [4.78, 5) is 40.8. The summed E-state index contributed by atoms with van der Waals surface area (Å²) in [5.41, 5.74) is 3.88. The van der Waals surface area contributed by atoms with Gasteiger partial charge in [0.2, 0.25) is 11.7 Å². The maximum absolute atomic E-state index is 13.8. The Morgan fingerprint density at radius 1 is 1.27 bits per heavy atom. The summed E-state index contributed by atoms with van der Waals surface area (Å²) < 4.78 is 0. The summed E-state index contributed by atoms with van der Waals surface area (Å²) in [5.74, 6) is -7.58. The number of halogens is 1. The second-order valence-electron chi connectivity index (χ2n) is 10.5. The Bertz CT molecular complexity index is 1220. The van der Waals surface area contributed by atoms with Gasteiger partial charge in [0.1, 0.15) is 17.4 Å². The van der Waals surface area contributed by atoms with Gasteiger partial charge in [-0.15, -0.1) is 0 Å². The summed E-state index contributed by atoms with van der Waals surface area (Å²) >= 11 is 6.44. The van der Waals surface area contributed by atoms with Crippen molar-refractivity contribution in [1.82, 2.24) is 4.90 Å². The van der Waals surface area contributed by atoms with Crippen LogP contribution in [0.25, 0.3) is 11.8 Å². The fourth-order valence-corrected chi connectivity index (χ4v) is 6.60. The molecule has 10 heteroatoms. The van der Waals surface area contributed by atoms with Gasteiger partial charge in [-0.2, -0.15) is 0 Å². The van der Waals surface area contributed by atoms with Crippen molar-refractivity contribution in [2.75, 3.05) is 14.1 Å². The molecule has 0 spiro atoms. The number of phenols is 1. The van der Waals surface area contributed by atoms with Crippen molar-refractivity contribution >= 4 is 40.9 Å². The maximum atomic E-state index is 13.8. The quantitative estimate of drug-likeness (QED) is 0.347. The van der Waals surface area contributed by atoms with E-state index in [0.29, 0.717) is 22.6 Å². The molecule has 0 aliphatic heterocycles. The lowest BCUT2D eigenvalue weighted by Crippen LogP contribution is -2.73. The number of phenolic OH excluding ortho intramolecular Hbond substituents is 1. The predicted molar refractivity (Wildman–Crippen MR) is 137 cm³/mol. The van der Waals surface area contributed by atoms with Crippen molar-refractivity contribution in [3.8, 4) is 5.75 Å². The number of nitrogens with two attached hydrogens (primary N) is 1. The van der Waals surface area contributed by atoms with E-state index in [-0.39, 0.29) is 29.7 Å². The first-order valence-electron chi connectivity index (χ1n) is 12.5. The summed E-state index contributed by atoms with van der Waals surface area (Å²) in [6.45, 7) is 2.05. The van der Waals surface area contributed by atoms with Crippen LogP contribution < -0.4 is 5.73 Å². The second-order valence-corrected chi connectivity index (χ2v) is 11.0. The summed E-state index contributed by atoms with van der Waals surface area (Å²) in [6.07, 6.45) is 3.10. The van der Waals surface area contributed by atoms with Crippen LogP contribution in [0, 0.1) is 17.8 Å². The largest absolute Gasteiger partial charge is 0.507 e. The molecular formula is C27H33ClN2O7. The van der Waals surface area contributed by atoms with E-state index in [2.05, 4.69) is 6.92 Å². The third kappa shape index (κ3) is 4.18. The molecule has 1 amide bonds. The van der Waals surface area contributed by atoms with Crippen molar-refractivity contribution in [1.29, 1.82) is 0 Å². The van der Waals surface area contributed by atoms with Crippen LogP contribution in [0.15, 0.2) is 22.7 Å². The number of ketones is 2. The van der Waals surface area contributed by atoms with Crippen LogP contribution in [0.2, 0.25) is 0 Å². The minimum absolute atomic E-state index is 0.0502. The minimum Gasteiger partial charge on any atom is -0.507 e. The van der Waals surface area contributed by atoms with Gasteiger partial charge in [0.25, 0.3) is 0 Å². The van der Waals surface area contributed by atoms with Gasteiger partial charge in [-0.05, 0) is 69.0 Å². The lowest BCUT2D eigenvalue weighted by atomic mass is 9.54. The Hall–Kier alpha value is -2.72. The first-order valence-corrected chi connectivity index (χ1v) is 12.8. The molecule has 2 unspecified atom stereocenters. The van der Waals surface area contributed by atoms with Gasteiger partial charge in [-0.3, -0.25) is 14.4 Å². The topological polar surface area (TPSA) is 161 Å². The molecule has 0 radical (unpaired) electrons. The number of aliphatic hydroxyl groups is 3. The van der Waals surface area contributed by atoms with Crippen molar-refractivity contribution in [2.45, 2.75) is 56.8 Å². The molecule has 3 aliphatic carbocycles. The van der Waals surface area contributed by atoms with Gasteiger partial charge < -0.3 is 31.1 Å². The first kappa shape index (κ1) is 27.3. The summed E-state index contributed by atoms with van der Waals surface area (Å²) in [7, 11) is 3.23. The van der Waals surface area contributed by atoms with E-state index < -0.39 is 58.7 Å². The predicted octanol–water partition coefficient (Wildman–Crippen LogP) is 1.90. The number of carbonyl (C=O) groups is 3. The number of primary amides is 1. The van der Waals surface area contributed by atoms with E-state index in [1.54, 1.807) is 31.1 Å².